The summed E-state index contributed by atoms with van der Waals surface area (Å²) < 4.78 is 2.03. The number of nitrogens with two attached hydrogens (primary N) is 1. The fourth-order valence-electron chi connectivity index (χ4n) is 2.28. The molecule has 0 amide bonds. The molecule has 3 heteroatoms. The molecule has 0 aliphatic heterocycles. The van der Waals surface area contributed by atoms with Crippen LogP contribution in [0.5, 0.6) is 0 Å². The summed E-state index contributed by atoms with van der Waals surface area (Å²) in [5, 5.41) is 4.54. The van der Waals surface area contributed by atoms with Crippen LogP contribution in [0.2, 0.25) is 0 Å². The highest BCUT2D eigenvalue weighted by molar-refractivity contribution is 5.30. The molecular formula is C14H19N3. The van der Waals surface area contributed by atoms with E-state index in [1.807, 2.05) is 17.7 Å². The average molecular weight is 229 g/mol. The van der Waals surface area contributed by atoms with Crippen LogP contribution in [0.25, 0.3) is 0 Å². The topological polar surface area (TPSA) is 43.8 Å². The zero-order valence-electron chi connectivity index (χ0n) is 10.6. The van der Waals surface area contributed by atoms with Crippen molar-refractivity contribution in [3.05, 3.63) is 52.8 Å². The maximum Gasteiger partial charge on any atom is 0.0896 e. The molecule has 0 saturated heterocycles. The van der Waals surface area contributed by atoms with Crippen molar-refractivity contribution in [2.75, 3.05) is 6.54 Å². The van der Waals surface area contributed by atoms with E-state index >= 15 is 0 Å². The van der Waals surface area contributed by atoms with Gasteiger partial charge >= 0.3 is 0 Å². The van der Waals surface area contributed by atoms with Crippen molar-refractivity contribution in [1.29, 1.82) is 0 Å². The fourth-order valence-corrected chi connectivity index (χ4v) is 2.28. The highest BCUT2D eigenvalue weighted by atomic mass is 15.3. The van der Waals surface area contributed by atoms with Crippen molar-refractivity contribution >= 4 is 0 Å². The molecule has 1 heterocycles. The lowest BCUT2D eigenvalue weighted by atomic mass is 10.0. The molecule has 0 fully saturated rings. The average Bonchev–Trinajstić information content (AvgIpc) is 2.62. The Hall–Kier alpha value is -1.61. The molecule has 17 heavy (non-hydrogen) atoms. The van der Waals surface area contributed by atoms with Gasteiger partial charge in [-0.2, -0.15) is 5.10 Å². The first-order valence-electron chi connectivity index (χ1n) is 5.92. The van der Waals surface area contributed by atoms with Crippen LogP contribution in [0, 0.1) is 20.8 Å². The molecule has 0 saturated carbocycles. The van der Waals surface area contributed by atoms with Crippen LogP contribution in [-0.4, -0.2) is 16.3 Å². The molecule has 2 N–H and O–H groups in total. The second-order valence-electron chi connectivity index (χ2n) is 4.48. The fraction of sp³-hybridized carbons (Fsp3) is 0.357. The molecule has 0 aliphatic carbocycles. The van der Waals surface area contributed by atoms with Gasteiger partial charge in [0.2, 0.25) is 0 Å². The lowest BCUT2D eigenvalue weighted by Gasteiger charge is -2.19. The van der Waals surface area contributed by atoms with Crippen LogP contribution < -0.4 is 5.73 Å². The van der Waals surface area contributed by atoms with Crippen molar-refractivity contribution in [3.8, 4) is 0 Å². The molecule has 1 unspecified atom stereocenters. The van der Waals surface area contributed by atoms with Gasteiger partial charge in [-0.3, -0.25) is 4.68 Å². The van der Waals surface area contributed by atoms with E-state index in [1.54, 1.807) is 0 Å². The molecule has 90 valence electrons. The third-order valence-electron chi connectivity index (χ3n) is 3.11. The number of nitrogens with zero attached hydrogens (tertiary/aromatic N) is 2. The maximum absolute atomic E-state index is 5.92. The van der Waals surface area contributed by atoms with Crippen LogP contribution >= 0.6 is 0 Å². The van der Waals surface area contributed by atoms with Crippen LogP contribution in [0.1, 0.15) is 28.6 Å². The molecule has 0 radical (unpaired) electrons. The smallest absolute Gasteiger partial charge is 0.0896 e. The van der Waals surface area contributed by atoms with Crippen molar-refractivity contribution in [3.63, 3.8) is 0 Å². The second-order valence-corrected chi connectivity index (χ2v) is 4.48. The number of aromatic nitrogens is 2. The Morgan fingerprint density at radius 1 is 1.24 bits per heavy atom. The molecule has 1 aromatic carbocycles. The van der Waals surface area contributed by atoms with Crippen LogP contribution in [-0.2, 0) is 0 Å². The maximum atomic E-state index is 5.92. The highest BCUT2D eigenvalue weighted by Gasteiger charge is 2.16. The van der Waals surface area contributed by atoms with Crippen molar-refractivity contribution in [1.82, 2.24) is 9.78 Å². The third kappa shape index (κ3) is 2.24. The number of rotatable bonds is 3. The molecule has 0 bridgehead atoms. The summed E-state index contributed by atoms with van der Waals surface area (Å²) in [6, 6.07) is 10.6. The SMILES string of the molecule is Cc1cc(C)n(C(CN)c2ccccc2C)n1. The van der Waals surface area contributed by atoms with E-state index in [0.29, 0.717) is 6.54 Å². The quantitative estimate of drug-likeness (QED) is 0.878. The van der Waals surface area contributed by atoms with Crippen LogP contribution in [0.15, 0.2) is 30.3 Å². The van der Waals surface area contributed by atoms with Gasteiger partial charge in [-0.15, -0.1) is 0 Å². The Morgan fingerprint density at radius 2 is 1.94 bits per heavy atom. The summed E-state index contributed by atoms with van der Waals surface area (Å²) in [5.74, 6) is 0. The van der Waals surface area contributed by atoms with Gasteiger partial charge in [0.25, 0.3) is 0 Å². The van der Waals surface area contributed by atoms with Gasteiger partial charge < -0.3 is 5.73 Å². The minimum absolute atomic E-state index is 0.130. The monoisotopic (exact) mass is 229 g/mol. The Balaban J connectivity index is 2.47. The first kappa shape index (κ1) is 11.9. The molecule has 2 rings (SSSR count). The van der Waals surface area contributed by atoms with Crippen molar-refractivity contribution in [2.24, 2.45) is 5.73 Å². The summed E-state index contributed by atoms with van der Waals surface area (Å²) in [6.45, 7) is 6.76. The minimum Gasteiger partial charge on any atom is -0.328 e. The molecule has 0 aliphatic rings. The standard InChI is InChI=1S/C14H19N3/c1-10-6-4-5-7-13(10)14(9-15)17-12(3)8-11(2)16-17/h4-8,14H,9,15H2,1-3H3. The first-order valence-corrected chi connectivity index (χ1v) is 5.92. The van der Waals surface area contributed by atoms with Crippen molar-refractivity contribution in [2.45, 2.75) is 26.8 Å². The van der Waals surface area contributed by atoms with E-state index in [4.69, 9.17) is 5.73 Å². The van der Waals surface area contributed by atoms with Gasteiger partial charge in [0.15, 0.2) is 0 Å². The Bertz CT molecular complexity index is 514. The number of benzene rings is 1. The number of hydrogen-bond donors (Lipinski definition) is 1. The van der Waals surface area contributed by atoms with E-state index in [0.717, 1.165) is 11.4 Å². The molecule has 0 spiro atoms. The van der Waals surface area contributed by atoms with Gasteiger partial charge in [0.1, 0.15) is 0 Å². The number of hydrogen-bond acceptors (Lipinski definition) is 2. The number of aryl methyl sites for hydroxylation is 3. The van der Waals surface area contributed by atoms with Crippen LogP contribution in [0.3, 0.4) is 0 Å². The Morgan fingerprint density at radius 3 is 2.47 bits per heavy atom. The third-order valence-corrected chi connectivity index (χ3v) is 3.11. The van der Waals surface area contributed by atoms with Gasteiger partial charge in [0, 0.05) is 12.2 Å². The molecule has 1 aromatic heterocycles. The zero-order chi connectivity index (χ0) is 12.4. The summed E-state index contributed by atoms with van der Waals surface area (Å²) in [7, 11) is 0. The van der Waals surface area contributed by atoms with E-state index < -0.39 is 0 Å². The van der Waals surface area contributed by atoms with E-state index in [1.165, 1.54) is 11.1 Å². The Labute approximate surface area is 102 Å². The second kappa shape index (κ2) is 4.72. The largest absolute Gasteiger partial charge is 0.328 e. The minimum atomic E-state index is 0.130. The zero-order valence-corrected chi connectivity index (χ0v) is 10.6. The summed E-state index contributed by atoms with van der Waals surface area (Å²) in [6.07, 6.45) is 0. The normalized spacial score (nSPS) is 12.7. The lowest BCUT2D eigenvalue weighted by molar-refractivity contribution is 0.514. The van der Waals surface area contributed by atoms with E-state index in [2.05, 4.69) is 43.2 Å². The molecule has 1 atom stereocenters. The van der Waals surface area contributed by atoms with Gasteiger partial charge in [0.05, 0.1) is 11.7 Å². The predicted molar refractivity (Wildman–Crippen MR) is 70.1 cm³/mol. The highest BCUT2D eigenvalue weighted by Crippen LogP contribution is 2.22. The van der Waals surface area contributed by atoms with Gasteiger partial charge in [-0.05, 0) is 38.0 Å². The van der Waals surface area contributed by atoms with Crippen LogP contribution in [0.4, 0.5) is 0 Å². The summed E-state index contributed by atoms with van der Waals surface area (Å²) in [5.41, 5.74) is 10.6. The molecule has 2 aromatic rings. The van der Waals surface area contributed by atoms with E-state index in [9.17, 15) is 0 Å². The molecular weight excluding hydrogens is 210 g/mol. The van der Waals surface area contributed by atoms with Crippen molar-refractivity contribution < 1.29 is 0 Å². The van der Waals surface area contributed by atoms with Gasteiger partial charge in [-0.1, -0.05) is 24.3 Å². The summed E-state index contributed by atoms with van der Waals surface area (Å²) in [4.78, 5) is 0. The summed E-state index contributed by atoms with van der Waals surface area (Å²) >= 11 is 0. The lowest BCUT2D eigenvalue weighted by Crippen LogP contribution is -2.23. The Kier molecular flexibility index (Phi) is 3.29. The predicted octanol–water partition coefficient (Wildman–Crippen LogP) is 2.36. The van der Waals surface area contributed by atoms with E-state index in [-0.39, 0.29) is 6.04 Å². The first-order chi connectivity index (χ1) is 8.13. The molecule has 3 nitrogen and oxygen atoms in total. The van der Waals surface area contributed by atoms with Gasteiger partial charge in [-0.25, -0.2) is 0 Å².